The topological polar surface area (TPSA) is 38.5 Å². The fraction of sp³-hybridized carbons (Fsp3) is 1.00. The molecule has 4 heteroatoms. The van der Waals surface area contributed by atoms with Crippen molar-refractivity contribution in [1.82, 2.24) is 4.90 Å². The van der Waals surface area contributed by atoms with Gasteiger partial charge in [0.1, 0.15) is 0 Å². The van der Waals surface area contributed by atoms with Gasteiger partial charge < -0.3 is 14.8 Å². The minimum Gasteiger partial charge on any atom is -0.329 e. The van der Waals surface area contributed by atoms with Gasteiger partial charge in [-0.15, -0.1) is 0 Å². The van der Waals surface area contributed by atoms with Crippen molar-refractivity contribution in [1.29, 1.82) is 0 Å². The molecule has 0 saturated carbocycles. The lowest BCUT2D eigenvalue weighted by atomic mass is 10.1. The summed E-state index contributed by atoms with van der Waals surface area (Å²) in [6.45, 7) is 4.09. The Kier molecular flexibility index (Phi) is 4.99. The van der Waals surface area contributed by atoms with Gasteiger partial charge in [0.05, 0.1) is 6.10 Å². The number of nitrogens with two attached hydrogens (primary N) is 1. The Balaban J connectivity index is 2.11. The average Bonchev–Trinajstić information content (AvgIpc) is 2.09. The van der Waals surface area contributed by atoms with Crippen molar-refractivity contribution >= 4 is 12.0 Å². The Morgan fingerprint density at radius 2 is 2.17 bits per heavy atom. The summed E-state index contributed by atoms with van der Waals surface area (Å²) in [5.74, 6) is 0. The van der Waals surface area contributed by atoms with E-state index < -0.39 is 0 Å². The maximum atomic E-state index is 5.48. The normalized spacial score (nSPS) is 21.5. The van der Waals surface area contributed by atoms with E-state index in [1.165, 1.54) is 12.0 Å². The van der Waals surface area contributed by atoms with E-state index in [9.17, 15) is 0 Å². The number of hydrogen-bond donors (Lipinski definition) is 1. The van der Waals surface area contributed by atoms with Gasteiger partial charge in [0.15, 0.2) is 0 Å². The molecule has 12 heavy (non-hydrogen) atoms. The molecule has 1 rings (SSSR count). The summed E-state index contributed by atoms with van der Waals surface area (Å²) >= 11 is 1.48. The summed E-state index contributed by atoms with van der Waals surface area (Å²) in [4.78, 5) is 2.40. The van der Waals surface area contributed by atoms with Gasteiger partial charge in [-0.05, 0) is 24.9 Å². The lowest BCUT2D eigenvalue weighted by molar-refractivity contribution is 0.120. The standard InChI is InChI=1S/C8H18N2OS/c1-12-11-8-2-5-10(6-3-8)7-4-9/h8H,2-7,9H2,1H3. The van der Waals surface area contributed by atoms with Gasteiger partial charge in [-0.2, -0.15) is 0 Å². The largest absolute Gasteiger partial charge is 0.329 e. The maximum Gasteiger partial charge on any atom is 0.0746 e. The van der Waals surface area contributed by atoms with Gasteiger partial charge >= 0.3 is 0 Å². The molecular formula is C8H18N2OS. The molecule has 0 aliphatic carbocycles. The molecule has 1 saturated heterocycles. The SMILES string of the molecule is CSOC1CCN(CCN)CC1. The predicted molar refractivity (Wildman–Crippen MR) is 53.1 cm³/mol. The molecule has 0 aromatic carbocycles. The molecule has 0 aromatic rings. The molecule has 1 fully saturated rings. The highest BCUT2D eigenvalue weighted by Gasteiger charge is 2.18. The van der Waals surface area contributed by atoms with E-state index in [1.54, 1.807) is 0 Å². The molecule has 0 radical (unpaired) electrons. The lowest BCUT2D eigenvalue weighted by Gasteiger charge is -2.30. The third-order valence-electron chi connectivity index (χ3n) is 2.21. The maximum absolute atomic E-state index is 5.48. The molecular weight excluding hydrogens is 172 g/mol. The lowest BCUT2D eigenvalue weighted by Crippen LogP contribution is -2.39. The van der Waals surface area contributed by atoms with Crippen LogP contribution in [0.5, 0.6) is 0 Å². The van der Waals surface area contributed by atoms with Crippen LogP contribution in [0.1, 0.15) is 12.8 Å². The Bertz CT molecular complexity index is 102. The van der Waals surface area contributed by atoms with Crippen LogP contribution in [0.4, 0.5) is 0 Å². The van der Waals surface area contributed by atoms with Crippen molar-refractivity contribution in [3.8, 4) is 0 Å². The number of likely N-dealkylation sites (tertiary alicyclic amines) is 1. The zero-order valence-corrected chi connectivity index (χ0v) is 8.48. The number of rotatable bonds is 4. The van der Waals surface area contributed by atoms with Crippen LogP contribution in [-0.2, 0) is 4.18 Å². The van der Waals surface area contributed by atoms with Crippen LogP contribution in [0.25, 0.3) is 0 Å². The van der Waals surface area contributed by atoms with Crippen LogP contribution in [-0.4, -0.2) is 43.4 Å². The molecule has 0 spiro atoms. The van der Waals surface area contributed by atoms with Gasteiger partial charge in [0.25, 0.3) is 0 Å². The molecule has 0 amide bonds. The summed E-state index contributed by atoms with van der Waals surface area (Å²) in [6, 6.07) is 0. The van der Waals surface area contributed by atoms with Crippen molar-refractivity contribution in [3.05, 3.63) is 0 Å². The molecule has 1 aliphatic rings. The van der Waals surface area contributed by atoms with Crippen LogP contribution in [0.15, 0.2) is 0 Å². The first-order valence-electron chi connectivity index (χ1n) is 4.48. The fourth-order valence-electron chi connectivity index (χ4n) is 1.55. The zero-order valence-electron chi connectivity index (χ0n) is 7.66. The van der Waals surface area contributed by atoms with Crippen molar-refractivity contribution in [2.75, 3.05) is 32.4 Å². The first-order valence-corrected chi connectivity index (χ1v) is 5.63. The second-order valence-electron chi connectivity index (χ2n) is 3.09. The number of nitrogens with zero attached hydrogens (tertiary/aromatic N) is 1. The predicted octanol–water partition coefficient (Wildman–Crippen LogP) is 0.704. The van der Waals surface area contributed by atoms with Crippen LogP contribution >= 0.6 is 12.0 Å². The van der Waals surface area contributed by atoms with Gasteiger partial charge in [0.2, 0.25) is 0 Å². The van der Waals surface area contributed by atoms with Crippen LogP contribution in [0.3, 0.4) is 0 Å². The summed E-state index contributed by atoms with van der Waals surface area (Å²) < 4.78 is 5.47. The van der Waals surface area contributed by atoms with Crippen molar-refractivity contribution in [3.63, 3.8) is 0 Å². The van der Waals surface area contributed by atoms with Gasteiger partial charge in [-0.25, -0.2) is 0 Å². The van der Waals surface area contributed by atoms with Crippen LogP contribution < -0.4 is 5.73 Å². The van der Waals surface area contributed by atoms with Gasteiger partial charge in [-0.3, -0.25) is 0 Å². The molecule has 3 nitrogen and oxygen atoms in total. The number of hydrogen-bond acceptors (Lipinski definition) is 4. The fourth-order valence-corrected chi connectivity index (χ4v) is 2.01. The summed E-state index contributed by atoms with van der Waals surface area (Å²) in [5.41, 5.74) is 5.48. The molecule has 1 aliphatic heterocycles. The third-order valence-corrected chi connectivity index (χ3v) is 2.68. The second-order valence-corrected chi connectivity index (χ2v) is 3.62. The van der Waals surface area contributed by atoms with E-state index in [0.717, 1.165) is 39.0 Å². The quantitative estimate of drug-likeness (QED) is 0.662. The minimum atomic E-state index is 0.467. The highest BCUT2D eigenvalue weighted by atomic mass is 32.2. The van der Waals surface area contributed by atoms with E-state index in [4.69, 9.17) is 9.92 Å². The molecule has 2 N–H and O–H groups in total. The average molecular weight is 190 g/mol. The zero-order chi connectivity index (χ0) is 8.81. The number of piperidine rings is 1. The Hall–Kier alpha value is 0.230. The van der Waals surface area contributed by atoms with Crippen molar-refractivity contribution in [2.45, 2.75) is 18.9 Å². The molecule has 0 unspecified atom stereocenters. The van der Waals surface area contributed by atoms with E-state index in [2.05, 4.69) is 4.90 Å². The highest BCUT2D eigenvalue weighted by molar-refractivity contribution is 7.93. The third kappa shape index (κ3) is 3.31. The first-order chi connectivity index (χ1) is 5.86. The second kappa shape index (κ2) is 5.80. The molecule has 0 atom stereocenters. The van der Waals surface area contributed by atoms with Gasteiger partial charge in [0, 0.05) is 32.4 Å². The smallest absolute Gasteiger partial charge is 0.0746 e. The highest BCUT2D eigenvalue weighted by Crippen LogP contribution is 2.16. The molecule has 72 valence electrons. The van der Waals surface area contributed by atoms with E-state index in [0.29, 0.717) is 6.10 Å². The first kappa shape index (κ1) is 10.3. The van der Waals surface area contributed by atoms with Crippen molar-refractivity contribution in [2.24, 2.45) is 5.73 Å². The summed E-state index contributed by atoms with van der Waals surface area (Å²) in [7, 11) is 0. The van der Waals surface area contributed by atoms with E-state index >= 15 is 0 Å². The van der Waals surface area contributed by atoms with Crippen LogP contribution in [0.2, 0.25) is 0 Å². The van der Waals surface area contributed by atoms with Gasteiger partial charge in [-0.1, -0.05) is 0 Å². The van der Waals surface area contributed by atoms with Crippen molar-refractivity contribution < 1.29 is 4.18 Å². The van der Waals surface area contributed by atoms with E-state index in [1.807, 2.05) is 6.26 Å². The Morgan fingerprint density at radius 3 is 2.67 bits per heavy atom. The van der Waals surface area contributed by atoms with Crippen LogP contribution in [0, 0.1) is 0 Å². The molecule has 0 bridgehead atoms. The Labute approximate surface area is 78.8 Å². The molecule has 0 aromatic heterocycles. The minimum absolute atomic E-state index is 0.467. The monoisotopic (exact) mass is 190 g/mol. The molecule has 1 heterocycles. The van der Waals surface area contributed by atoms with E-state index in [-0.39, 0.29) is 0 Å². The summed E-state index contributed by atoms with van der Waals surface area (Å²) in [5, 5.41) is 0. The summed E-state index contributed by atoms with van der Waals surface area (Å²) in [6.07, 6.45) is 4.75. The Morgan fingerprint density at radius 1 is 1.50 bits per heavy atom.